The van der Waals surface area contributed by atoms with Crippen molar-refractivity contribution in [2.45, 2.75) is 0 Å². The number of para-hydroxylation sites is 1. The van der Waals surface area contributed by atoms with E-state index in [0.29, 0.717) is 17.1 Å². The van der Waals surface area contributed by atoms with E-state index in [-0.39, 0.29) is 28.6 Å². The molecule has 4 rings (SSSR count). The molecular weight excluding hydrogens is 396 g/mol. The molecule has 0 atom stereocenters. The Morgan fingerprint density at radius 2 is 1.23 bits per heavy atom. The molecular formula is C23H18N4O4. The predicted molar refractivity (Wildman–Crippen MR) is 116 cm³/mol. The highest BCUT2D eigenvalue weighted by molar-refractivity contribution is 6.22. The van der Waals surface area contributed by atoms with E-state index >= 15 is 0 Å². The van der Waals surface area contributed by atoms with Crippen LogP contribution in [0.1, 0.15) is 31.1 Å². The van der Waals surface area contributed by atoms with Crippen LogP contribution in [0.3, 0.4) is 0 Å². The third-order valence-corrected chi connectivity index (χ3v) is 4.78. The maximum atomic E-state index is 12.5. The van der Waals surface area contributed by atoms with Crippen molar-refractivity contribution in [2.75, 3.05) is 23.0 Å². The minimum atomic E-state index is -0.432. The van der Waals surface area contributed by atoms with E-state index in [9.17, 15) is 19.2 Å². The lowest BCUT2D eigenvalue weighted by atomic mass is 10.1. The minimum Gasteiger partial charge on any atom is -0.322 e. The maximum absolute atomic E-state index is 12.5. The third-order valence-electron chi connectivity index (χ3n) is 4.78. The summed E-state index contributed by atoms with van der Waals surface area (Å²) in [7, 11) is 1.40. The number of amides is 5. The molecule has 5 amide bonds. The van der Waals surface area contributed by atoms with Crippen LogP contribution in [-0.2, 0) is 0 Å². The molecule has 8 heteroatoms. The summed E-state index contributed by atoms with van der Waals surface area (Å²) < 4.78 is 0. The summed E-state index contributed by atoms with van der Waals surface area (Å²) in [6.45, 7) is 0. The Morgan fingerprint density at radius 3 is 1.87 bits per heavy atom. The van der Waals surface area contributed by atoms with Gasteiger partial charge in [-0.1, -0.05) is 18.2 Å². The zero-order valence-electron chi connectivity index (χ0n) is 16.5. The first-order valence-electron chi connectivity index (χ1n) is 9.43. The molecule has 0 saturated heterocycles. The lowest BCUT2D eigenvalue weighted by Crippen LogP contribution is -2.24. The third kappa shape index (κ3) is 4.13. The van der Waals surface area contributed by atoms with Crippen LogP contribution >= 0.6 is 0 Å². The summed E-state index contributed by atoms with van der Waals surface area (Å²) in [4.78, 5) is 49.7. The van der Waals surface area contributed by atoms with Crippen LogP contribution in [-0.4, -0.2) is 35.7 Å². The number of nitrogens with one attached hydrogen (secondary N) is 3. The second kappa shape index (κ2) is 8.11. The van der Waals surface area contributed by atoms with Gasteiger partial charge in [-0.15, -0.1) is 0 Å². The molecule has 0 bridgehead atoms. The molecule has 31 heavy (non-hydrogen) atoms. The monoisotopic (exact) mass is 414 g/mol. The van der Waals surface area contributed by atoms with E-state index in [4.69, 9.17) is 0 Å². The Kier molecular flexibility index (Phi) is 5.19. The number of hydrogen-bond donors (Lipinski definition) is 3. The first kappa shape index (κ1) is 19.8. The molecule has 3 aromatic carbocycles. The van der Waals surface area contributed by atoms with Crippen LogP contribution in [0.4, 0.5) is 21.9 Å². The van der Waals surface area contributed by atoms with E-state index in [2.05, 4.69) is 16.0 Å². The highest BCUT2D eigenvalue weighted by Gasteiger charge is 2.33. The van der Waals surface area contributed by atoms with Gasteiger partial charge in [0.1, 0.15) is 0 Å². The zero-order valence-corrected chi connectivity index (χ0v) is 16.5. The van der Waals surface area contributed by atoms with Gasteiger partial charge >= 0.3 is 6.03 Å². The molecule has 1 heterocycles. The van der Waals surface area contributed by atoms with Crippen LogP contribution in [0.15, 0.2) is 72.8 Å². The van der Waals surface area contributed by atoms with Crippen molar-refractivity contribution in [3.05, 3.63) is 89.5 Å². The van der Waals surface area contributed by atoms with Gasteiger partial charge in [0.05, 0.1) is 11.1 Å². The lowest BCUT2D eigenvalue weighted by Gasteiger charge is -2.09. The van der Waals surface area contributed by atoms with E-state index in [1.165, 1.54) is 25.2 Å². The molecule has 0 aliphatic carbocycles. The van der Waals surface area contributed by atoms with Crippen LogP contribution in [0.2, 0.25) is 0 Å². The molecule has 8 nitrogen and oxygen atoms in total. The predicted octanol–water partition coefficient (Wildman–Crippen LogP) is 3.81. The molecule has 1 aliphatic heterocycles. The van der Waals surface area contributed by atoms with Crippen molar-refractivity contribution < 1.29 is 19.2 Å². The number of urea groups is 1. The molecule has 0 spiro atoms. The SMILES string of the molecule is CN1C(=O)c2ccc(C(=O)Nc3ccc(NC(=O)Nc4ccccc4)cc3)cc2C1=O. The molecule has 3 aromatic rings. The smallest absolute Gasteiger partial charge is 0.322 e. The fourth-order valence-corrected chi connectivity index (χ4v) is 3.16. The summed E-state index contributed by atoms with van der Waals surface area (Å²) in [6.07, 6.45) is 0. The van der Waals surface area contributed by atoms with Gasteiger partial charge in [0.15, 0.2) is 0 Å². The number of nitrogens with zero attached hydrogens (tertiary/aromatic N) is 1. The average molecular weight is 414 g/mol. The maximum Gasteiger partial charge on any atom is 0.323 e. The lowest BCUT2D eigenvalue weighted by molar-refractivity contribution is 0.0693. The van der Waals surface area contributed by atoms with Gasteiger partial charge in [0, 0.05) is 29.7 Å². The normalized spacial score (nSPS) is 12.4. The minimum absolute atomic E-state index is 0.212. The number of carbonyl (C=O) groups is 4. The molecule has 154 valence electrons. The number of fused-ring (bicyclic) bond motifs is 1. The summed E-state index contributed by atoms with van der Waals surface area (Å²) >= 11 is 0. The fourth-order valence-electron chi connectivity index (χ4n) is 3.16. The Morgan fingerprint density at radius 1 is 0.677 bits per heavy atom. The number of anilines is 3. The van der Waals surface area contributed by atoms with Gasteiger partial charge in [-0.25, -0.2) is 4.79 Å². The van der Waals surface area contributed by atoms with E-state index in [1.807, 2.05) is 18.2 Å². The summed E-state index contributed by atoms with van der Waals surface area (Å²) in [6, 6.07) is 19.7. The Hall–Kier alpha value is -4.46. The zero-order chi connectivity index (χ0) is 22.0. The highest BCUT2D eigenvalue weighted by Crippen LogP contribution is 2.23. The van der Waals surface area contributed by atoms with Crippen molar-refractivity contribution in [1.29, 1.82) is 0 Å². The molecule has 0 fully saturated rings. The highest BCUT2D eigenvalue weighted by atomic mass is 16.2. The van der Waals surface area contributed by atoms with Crippen molar-refractivity contribution in [1.82, 2.24) is 4.90 Å². The molecule has 0 radical (unpaired) electrons. The molecule has 3 N–H and O–H groups in total. The van der Waals surface area contributed by atoms with Crippen molar-refractivity contribution in [3.8, 4) is 0 Å². The van der Waals surface area contributed by atoms with Gasteiger partial charge in [0.25, 0.3) is 17.7 Å². The standard InChI is InChI=1S/C23H18N4O4/c1-27-21(29)18-12-7-14(13-19(18)22(27)30)20(28)24-16-8-10-17(11-9-16)26-23(31)25-15-5-3-2-4-6-15/h2-13H,1H3,(H,24,28)(H2,25,26,31). The number of benzene rings is 3. The van der Waals surface area contributed by atoms with Crippen LogP contribution < -0.4 is 16.0 Å². The van der Waals surface area contributed by atoms with Gasteiger partial charge < -0.3 is 16.0 Å². The first-order valence-corrected chi connectivity index (χ1v) is 9.43. The van der Waals surface area contributed by atoms with Gasteiger partial charge in [0.2, 0.25) is 0 Å². The Labute approximate surface area is 177 Å². The quantitative estimate of drug-likeness (QED) is 0.564. The molecule has 0 unspecified atom stereocenters. The van der Waals surface area contributed by atoms with E-state index < -0.39 is 11.8 Å². The second-order valence-corrected chi connectivity index (χ2v) is 6.91. The number of rotatable bonds is 4. The van der Waals surface area contributed by atoms with Crippen LogP contribution in [0.25, 0.3) is 0 Å². The summed E-state index contributed by atoms with van der Waals surface area (Å²) in [5, 5.41) is 8.15. The van der Waals surface area contributed by atoms with Gasteiger partial charge in [-0.2, -0.15) is 0 Å². The van der Waals surface area contributed by atoms with E-state index in [0.717, 1.165) is 4.90 Å². The topological polar surface area (TPSA) is 108 Å². The van der Waals surface area contributed by atoms with Crippen molar-refractivity contribution in [3.63, 3.8) is 0 Å². The van der Waals surface area contributed by atoms with E-state index in [1.54, 1.807) is 36.4 Å². The van der Waals surface area contributed by atoms with Gasteiger partial charge in [-0.3, -0.25) is 19.3 Å². The fraction of sp³-hybridized carbons (Fsp3) is 0.0435. The average Bonchev–Trinajstić information content (AvgIpc) is 2.99. The van der Waals surface area contributed by atoms with Gasteiger partial charge in [-0.05, 0) is 54.6 Å². The molecule has 0 saturated carbocycles. The van der Waals surface area contributed by atoms with Crippen LogP contribution in [0, 0.1) is 0 Å². The number of hydrogen-bond acceptors (Lipinski definition) is 4. The molecule has 0 aromatic heterocycles. The van der Waals surface area contributed by atoms with Crippen molar-refractivity contribution in [2.24, 2.45) is 0 Å². The Bertz CT molecular complexity index is 1190. The largest absolute Gasteiger partial charge is 0.323 e. The number of imide groups is 1. The molecule has 1 aliphatic rings. The summed E-state index contributed by atoms with van der Waals surface area (Å²) in [5.41, 5.74) is 2.50. The Balaban J connectivity index is 1.39. The van der Waals surface area contributed by atoms with Crippen molar-refractivity contribution >= 4 is 40.8 Å². The number of carbonyl (C=O) groups excluding carboxylic acids is 4. The first-order chi connectivity index (χ1) is 14.9. The van der Waals surface area contributed by atoms with Crippen LogP contribution in [0.5, 0.6) is 0 Å². The summed E-state index contributed by atoms with van der Waals surface area (Å²) in [5.74, 6) is -1.23. The second-order valence-electron chi connectivity index (χ2n) is 6.91.